The van der Waals surface area contributed by atoms with E-state index in [1.807, 2.05) is 13.2 Å². The smallest absolute Gasteiger partial charge is 0.244 e. The number of carbonyl (C=O) groups is 2. The van der Waals surface area contributed by atoms with E-state index in [1.165, 1.54) is 12.1 Å². The van der Waals surface area contributed by atoms with Crippen molar-refractivity contribution in [2.24, 2.45) is 13.0 Å². The van der Waals surface area contributed by atoms with E-state index in [1.54, 1.807) is 35.0 Å². The molecule has 27 heavy (non-hydrogen) atoms. The highest BCUT2D eigenvalue weighted by atomic mass is 16.3. The van der Waals surface area contributed by atoms with Crippen LogP contribution >= 0.6 is 0 Å². The monoisotopic (exact) mass is 371 g/mol. The van der Waals surface area contributed by atoms with Gasteiger partial charge in [-0.05, 0) is 44.2 Å². The molecule has 0 bridgehead atoms. The third-order valence-corrected chi connectivity index (χ3v) is 4.91. The highest BCUT2D eigenvalue weighted by molar-refractivity contribution is 5.93. The Morgan fingerprint density at radius 1 is 1.22 bits per heavy atom. The molecule has 1 aliphatic heterocycles. The predicted molar refractivity (Wildman–Crippen MR) is 101 cm³/mol. The molecule has 144 valence electrons. The van der Waals surface area contributed by atoms with E-state index in [4.69, 9.17) is 0 Å². The van der Waals surface area contributed by atoms with Crippen LogP contribution in [0.15, 0.2) is 36.7 Å². The van der Waals surface area contributed by atoms with E-state index in [0.29, 0.717) is 31.6 Å². The molecule has 2 amide bonds. The van der Waals surface area contributed by atoms with E-state index in [0.717, 1.165) is 5.56 Å². The van der Waals surface area contributed by atoms with Crippen molar-refractivity contribution in [3.8, 4) is 5.75 Å². The lowest BCUT2D eigenvalue weighted by Crippen LogP contribution is -2.45. The second-order valence-corrected chi connectivity index (χ2v) is 6.80. The van der Waals surface area contributed by atoms with Gasteiger partial charge >= 0.3 is 0 Å². The molecule has 0 aliphatic carbocycles. The first-order chi connectivity index (χ1) is 13.0. The summed E-state index contributed by atoms with van der Waals surface area (Å²) in [6.07, 6.45) is 4.77. The number of aromatic nitrogens is 2. The standard InChI is InChI=1S/C19H25N5O3/c1-20-17(14-11-21-23(2)12-14)19(27)24-9-7-13(8-10-24)18(26)22-15-3-5-16(25)6-4-15/h3-6,11-13,17,20,25H,7-10H2,1-2H3,(H,22,26). The molecule has 0 saturated carbocycles. The van der Waals surface area contributed by atoms with Gasteiger partial charge in [0.2, 0.25) is 11.8 Å². The van der Waals surface area contributed by atoms with Crippen LogP contribution in [-0.2, 0) is 16.6 Å². The Morgan fingerprint density at radius 2 is 1.89 bits per heavy atom. The fraction of sp³-hybridized carbons (Fsp3) is 0.421. The number of amides is 2. The summed E-state index contributed by atoms with van der Waals surface area (Å²) in [5.74, 6) is -0.0186. The molecule has 2 heterocycles. The number of hydrogen-bond donors (Lipinski definition) is 3. The number of likely N-dealkylation sites (N-methyl/N-ethyl adjacent to an activating group) is 1. The summed E-state index contributed by atoms with van der Waals surface area (Å²) in [5.41, 5.74) is 1.49. The Balaban J connectivity index is 1.55. The van der Waals surface area contributed by atoms with Gasteiger partial charge in [0, 0.05) is 43.5 Å². The number of nitrogens with one attached hydrogen (secondary N) is 2. The summed E-state index contributed by atoms with van der Waals surface area (Å²) in [6, 6.07) is 5.97. The van der Waals surface area contributed by atoms with Gasteiger partial charge < -0.3 is 20.6 Å². The second-order valence-electron chi connectivity index (χ2n) is 6.80. The van der Waals surface area contributed by atoms with Crippen LogP contribution in [0, 0.1) is 5.92 Å². The van der Waals surface area contributed by atoms with Gasteiger partial charge in [-0.15, -0.1) is 0 Å². The van der Waals surface area contributed by atoms with Crippen LogP contribution in [0.1, 0.15) is 24.4 Å². The van der Waals surface area contributed by atoms with Crippen LogP contribution < -0.4 is 10.6 Å². The van der Waals surface area contributed by atoms with Gasteiger partial charge in [0.15, 0.2) is 0 Å². The number of benzene rings is 1. The zero-order chi connectivity index (χ0) is 19.4. The molecule has 8 nitrogen and oxygen atoms in total. The highest BCUT2D eigenvalue weighted by Crippen LogP contribution is 2.23. The minimum atomic E-state index is -0.430. The van der Waals surface area contributed by atoms with Crippen molar-refractivity contribution >= 4 is 17.5 Å². The van der Waals surface area contributed by atoms with Crippen molar-refractivity contribution in [3.05, 3.63) is 42.2 Å². The molecule has 3 N–H and O–H groups in total. The third-order valence-electron chi connectivity index (χ3n) is 4.91. The number of aryl methyl sites for hydroxylation is 1. The fourth-order valence-corrected chi connectivity index (χ4v) is 3.36. The number of phenolic OH excluding ortho intramolecular Hbond substituents is 1. The summed E-state index contributed by atoms with van der Waals surface area (Å²) in [6.45, 7) is 1.09. The van der Waals surface area contributed by atoms with Crippen molar-refractivity contribution in [1.29, 1.82) is 0 Å². The maximum atomic E-state index is 12.8. The molecule has 8 heteroatoms. The molecule has 1 unspecified atom stereocenters. The average Bonchev–Trinajstić information content (AvgIpc) is 3.10. The lowest BCUT2D eigenvalue weighted by Gasteiger charge is -2.33. The van der Waals surface area contributed by atoms with Crippen molar-refractivity contribution in [2.75, 3.05) is 25.5 Å². The Labute approximate surface area is 158 Å². The summed E-state index contributed by atoms with van der Waals surface area (Å²) >= 11 is 0. The third kappa shape index (κ3) is 4.46. The molecule has 3 rings (SSSR count). The number of piperidine rings is 1. The quantitative estimate of drug-likeness (QED) is 0.687. The average molecular weight is 371 g/mol. The Kier molecular flexibility index (Phi) is 5.75. The first-order valence-corrected chi connectivity index (χ1v) is 9.02. The second kappa shape index (κ2) is 8.22. The maximum absolute atomic E-state index is 12.8. The van der Waals surface area contributed by atoms with Crippen molar-refractivity contribution in [1.82, 2.24) is 20.0 Å². The van der Waals surface area contributed by atoms with Gasteiger partial charge in [-0.3, -0.25) is 14.3 Å². The topological polar surface area (TPSA) is 99.5 Å². The summed E-state index contributed by atoms with van der Waals surface area (Å²) in [7, 11) is 3.58. The largest absolute Gasteiger partial charge is 0.508 e. The van der Waals surface area contributed by atoms with Crippen molar-refractivity contribution in [3.63, 3.8) is 0 Å². The lowest BCUT2D eigenvalue weighted by atomic mass is 9.95. The van der Waals surface area contributed by atoms with Gasteiger partial charge in [-0.2, -0.15) is 5.10 Å². The van der Waals surface area contributed by atoms with Crippen molar-refractivity contribution < 1.29 is 14.7 Å². The van der Waals surface area contributed by atoms with Gasteiger partial charge in [0.25, 0.3) is 0 Å². The number of rotatable bonds is 5. The minimum Gasteiger partial charge on any atom is -0.508 e. The van der Waals surface area contributed by atoms with E-state index in [-0.39, 0.29) is 23.5 Å². The summed E-state index contributed by atoms with van der Waals surface area (Å²) in [5, 5.41) is 19.4. The fourth-order valence-electron chi connectivity index (χ4n) is 3.36. The van der Waals surface area contributed by atoms with Gasteiger partial charge in [-0.1, -0.05) is 0 Å². The molecule has 1 saturated heterocycles. The SMILES string of the molecule is CNC(C(=O)N1CCC(C(=O)Nc2ccc(O)cc2)CC1)c1cnn(C)c1. The Hall–Kier alpha value is -2.87. The van der Waals surface area contributed by atoms with E-state index in [2.05, 4.69) is 15.7 Å². The number of hydrogen-bond acceptors (Lipinski definition) is 5. The van der Waals surface area contributed by atoms with Crippen LogP contribution in [0.3, 0.4) is 0 Å². The molecule has 2 aromatic rings. The number of carbonyl (C=O) groups excluding carboxylic acids is 2. The molecule has 1 atom stereocenters. The summed E-state index contributed by atoms with van der Waals surface area (Å²) in [4.78, 5) is 27.1. The molecule has 1 aromatic carbocycles. The van der Waals surface area contributed by atoms with Crippen LogP contribution in [0.4, 0.5) is 5.69 Å². The molecule has 1 aliphatic rings. The zero-order valence-electron chi connectivity index (χ0n) is 15.6. The lowest BCUT2D eigenvalue weighted by molar-refractivity contribution is -0.136. The van der Waals surface area contributed by atoms with Crippen LogP contribution in [0.2, 0.25) is 0 Å². The number of likely N-dealkylation sites (tertiary alicyclic amines) is 1. The first kappa shape index (κ1) is 18.9. The molecule has 1 fully saturated rings. The number of nitrogens with zero attached hydrogens (tertiary/aromatic N) is 3. The Bertz CT molecular complexity index is 794. The van der Waals surface area contributed by atoms with Gasteiger partial charge in [0.05, 0.1) is 6.20 Å². The van der Waals surface area contributed by atoms with E-state index in [9.17, 15) is 14.7 Å². The maximum Gasteiger partial charge on any atom is 0.244 e. The Morgan fingerprint density at radius 3 is 2.44 bits per heavy atom. The van der Waals surface area contributed by atoms with Crippen LogP contribution in [0.5, 0.6) is 5.75 Å². The van der Waals surface area contributed by atoms with Crippen molar-refractivity contribution in [2.45, 2.75) is 18.9 Å². The normalized spacial score (nSPS) is 16.1. The van der Waals surface area contributed by atoms with E-state index < -0.39 is 6.04 Å². The predicted octanol–water partition coefficient (Wildman–Crippen LogP) is 1.26. The van der Waals surface area contributed by atoms with Crippen LogP contribution in [0.25, 0.3) is 0 Å². The number of anilines is 1. The molecular weight excluding hydrogens is 346 g/mol. The van der Waals surface area contributed by atoms with Gasteiger partial charge in [-0.25, -0.2) is 0 Å². The van der Waals surface area contributed by atoms with Crippen LogP contribution in [-0.4, -0.2) is 51.7 Å². The zero-order valence-corrected chi connectivity index (χ0v) is 15.6. The number of phenols is 1. The van der Waals surface area contributed by atoms with Gasteiger partial charge in [0.1, 0.15) is 11.8 Å². The molecular formula is C19H25N5O3. The molecule has 0 radical (unpaired) electrons. The number of aromatic hydroxyl groups is 1. The highest BCUT2D eigenvalue weighted by Gasteiger charge is 2.31. The summed E-state index contributed by atoms with van der Waals surface area (Å²) < 4.78 is 1.67. The first-order valence-electron chi connectivity index (χ1n) is 9.02. The molecule has 1 aromatic heterocycles. The van der Waals surface area contributed by atoms with E-state index >= 15 is 0 Å². The minimum absolute atomic E-state index is 0.00268. The molecule has 0 spiro atoms.